The molecule has 2 N–H and O–H groups in total. The van der Waals surface area contributed by atoms with E-state index < -0.39 is 30.5 Å². The maximum atomic E-state index is 12.6. The van der Waals surface area contributed by atoms with Crippen molar-refractivity contribution in [2.75, 3.05) is 19.0 Å². The minimum atomic E-state index is -4.60. The van der Waals surface area contributed by atoms with Crippen LogP contribution in [0.15, 0.2) is 18.5 Å². The van der Waals surface area contributed by atoms with Crippen molar-refractivity contribution in [2.45, 2.75) is 12.2 Å². The molecule has 7 nitrogen and oxygen atoms in total. The first-order chi connectivity index (χ1) is 9.86. The Hall–Kier alpha value is -2.36. The van der Waals surface area contributed by atoms with Gasteiger partial charge in [-0.2, -0.15) is 18.3 Å². The number of carbonyl (C=O) groups is 1. The first kappa shape index (κ1) is 15.0. The van der Waals surface area contributed by atoms with Gasteiger partial charge in [0, 0.05) is 18.5 Å². The van der Waals surface area contributed by atoms with Gasteiger partial charge in [-0.05, 0) is 0 Å². The topological polar surface area (TPSA) is 88.8 Å². The summed E-state index contributed by atoms with van der Waals surface area (Å²) in [5.74, 6) is -0.790. The molecule has 0 aliphatic heterocycles. The molecule has 0 radical (unpaired) electrons. The molecule has 0 amide bonds. The van der Waals surface area contributed by atoms with Gasteiger partial charge in [0.25, 0.3) is 0 Å². The van der Waals surface area contributed by atoms with Crippen molar-refractivity contribution >= 4 is 17.3 Å². The largest absolute Gasteiger partial charge is 0.467 e. The number of esters is 1. The second-order valence-corrected chi connectivity index (χ2v) is 4.04. The van der Waals surface area contributed by atoms with E-state index in [4.69, 9.17) is 5.11 Å². The highest BCUT2D eigenvalue weighted by Gasteiger charge is 2.34. The molecule has 2 heterocycles. The number of nitrogens with one attached hydrogen (secondary N) is 1. The molecule has 0 aliphatic carbocycles. The van der Waals surface area contributed by atoms with Crippen molar-refractivity contribution in [3.05, 3.63) is 24.2 Å². The Balaban J connectivity index is 2.40. The monoisotopic (exact) mass is 304 g/mol. The molecule has 2 aromatic heterocycles. The zero-order valence-electron chi connectivity index (χ0n) is 10.8. The number of halogens is 3. The van der Waals surface area contributed by atoms with E-state index in [9.17, 15) is 18.0 Å². The number of aliphatic hydroxyl groups is 1. The van der Waals surface area contributed by atoms with Crippen molar-refractivity contribution in [3.63, 3.8) is 0 Å². The van der Waals surface area contributed by atoms with E-state index >= 15 is 0 Å². The maximum absolute atomic E-state index is 12.6. The number of ether oxygens (including phenoxy) is 1. The zero-order chi connectivity index (χ0) is 15.6. The van der Waals surface area contributed by atoms with Crippen LogP contribution in [0.3, 0.4) is 0 Å². The van der Waals surface area contributed by atoms with E-state index in [-0.39, 0.29) is 11.3 Å². The van der Waals surface area contributed by atoms with Crippen molar-refractivity contribution in [3.8, 4) is 0 Å². The summed E-state index contributed by atoms with van der Waals surface area (Å²) < 4.78 is 43.3. The third-order valence-electron chi connectivity index (χ3n) is 2.66. The predicted octanol–water partition coefficient (Wildman–Crippen LogP) is 0.694. The standard InChI is InChI=1S/C11H11F3N4O3/c1-21-10(20)6(5-19)16-9-7-4-8(11(12,13)14)17-18(7)3-2-15-9/h2-4,6,19H,5H2,1H3,(H,15,16). The molecule has 0 saturated carbocycles. The molecule has 0 spiro atoms. The van der Waals surface area contributed by atoms with Crippen LogP contribution in [0.2, 0.25) is 0 Å². The summed E-state index contributed by atoms with van der Waals surface area (Å²) in [6, 6.07) is -0.348. The summed E-state index contributed by atoms with van der Waals surface area (Å²) in [5, 5.41) is 15.0. The molecule has 10 heteroatoms. The van der Waals surface area contributed by atoms with Crippen LogP contribution >= 0.6 is 0 Å². The third-order valence-corrected chi connectivity index (χ3v) is 2.66. The van der Waals surface area contributed by atoms with Gasteiger partial charge in [-0.15, -0.1) is 0 Å². The summed E-state index contributed by atoms with van der Waals surface area (Å²) in [6.07, 6.45) is -2.14. The lowest BCUT2D eigenvalue weighted by molar-refractivity contribution is -0.142. The predicted molar refractivity (Wildman–Crippen MR) is 64.5 cm³/mol. The van der Waals surface area contributed by atoms with Crippen LogP contribution in [0, 0.1) is 0 Å². The van der Waals surface area contributed by atoms with Gasteiger partial charge in [0.2, 0.25) is 0 Å². The molecule has 0 bridgehead atoms. The number of rotatable bonds is 4. The summed E-state index contributed by atoms with van der Waals surface area (Å²) >= 11 is 0. The van der Waals surface area contributed by atoms with Crippen molar-refractivity contribution in [1.29, 1.82) is 0 Å². The van der Waals surface area contributed by atoms with Gasteiger partial charge in [0.1, 0.15) is 11.6 Å². The van der Waals surface area contributed by atoms with Crippen molar-refractivity contribution in [1.82, 2.24) is 14.6 Å². The number of hydrogen-bond acceptors (Lipinski definition) is 6. The molecule has 21 heavy (non-hydrogen) atoms. The first-order valence-corrected chi connectivity index (χ1v) is 5.73. The second-order valence-electron chi connectivity index (χ2n) is 4.04. The fourth-order valence-electron chi connectivity index (χ4n) is 1.66. The van der Waals surface area contributed by atoms with E-state index in [1.54, 1.807) is 0 Å². The normalized spacial score (nSPS) is 13.2. The van der Waals surface area contributed by atoms with Crippen LogP contribution in [-0.4, -0.2) is 45.4 Å². The Morgan fingerprint density at radius 2 is 2.29 bits per heavy atom. The van der Waals surface area contributed by atoms with Crippen LogP contribution in [0.25, 0.3) is 5.52 Å². The number of methoxy groups -OCH3 is 1. The van der Waals surface area contributed by atoms with Crippen molar-refractivity contribution < 1.29 is 27.8 Å². The lowest BCUT2D eigenvalue weighted by Crippen LogP contribution is -2.34. The van der Waals surface area contributed by atoms with Crippen LogP contribution in [-0.2, 0) is 15.7 Å². The van der Waals surface area contributed by atoms with Gasteiger partial charge in [0.15, 0.2) is 11.5 Å². The number of alkyl halides is 3. The van der Waals surface area contributed by atoms with E-state index in [0.717, 1.165) is 17.7 Å². The molecule has 2 aromatic rings. The highest BCUT2D eigenvalue weighted by atomic mass is 19.4. The third kappa shape index (κ3) is 3.05. The van der Waals surface area contributed by atoms with E-state index in [2.05, 4.69) is 20.1 Å². The lowest BCUT2D eigenvalue weighted by atomic mass is 10.3. The summed E-state index contributed by atoms with van der Waals surface area (Å²) in [6.45, 7) is -0.602. The molecule has 1 unspecified atom stereocenters. The molecular formula is C11H11F3N4O3. The second kappa shape index (κ2) is 5.56. The number of hydrogen-bond donors (Lipinski definition) is 2. The number of carbonyl (C=O) groups excluding carboxylic acids is 1. The van der Waals surface area contributed by atoms with Gasteiger partial charge in [-0.1, -0.05) is 0 Å². The van der Waals surface area contributed by atoms with Crippen LogP contribution < -0.4 is 5.32 Å². The SMILES string of the molecule is COC(=O)C(CO)Nc1nccn2nc(C(F)(F)F)cc12. The zero-order valence-corrected chi connectivity index (χ0v) is 10.8. The fraction of sp³-hybridized carbons (Fsp3) is 0.364. The molecule has 0 saturated heterocycles. The molecule has 1 atom stereocenters. The molecule has 2 rings (SSSR count). The minimum Gasteiger partial charge on any atom is -0.467 e. The molecule has 0 aromatic carbocycles. The van der Waals surface area contributed by atoms with E-state index in [0.29, 0.717) is 0 Å². The highest BCUT2D eigenvalue weighted by molar-refractivity contribution is 5.81. The van der Waals surface area contributed by atoms with Crippen molar-refractivity contribution in [2.24, 2.45) is 0 Å². The number of fused-ring (bicyclic) bond motifs is 1. The van der Waals surface area contributed by atoms with Gasteiger partial charge < -0.3 is 15.2 Å². The quantitative estimate of drug-likeness (QED) is 0.808. The van der Waals surface area contributed by atoms with Crippen LogP contribution in [0.5, 0.6) is 0 Å². The van der Waals surface area contributed by atoms with E-state index in [1.807, 2.05) is 0 Å². The van der Waals surface area contributed by atoms with Crippen LogP contribution in [0.4, 0.5) is 19.0 Å². The Labute approximate surface area is 116 Å². The average molecular weight is 304 g/mol. The molecule has 114 valence electrons. The van der Waals surface area contributed by atoms with Gasteiger partial charge in [-0.3, -0.25) is 0 Å². The first-order valence-electron chi connectivity index (χ1n) is 5.73. The minimum absolute atomic E-state index is 0.0205. The van der Waals surface area contributed by atoms with Gasteiger partial charge >= 0.3 is 12.1 Å². The molecular weight excluding hydrogens is 293 g/mol. The summed E-state index contributed by atoms with van der Waals surface area (Å²) in [4.78, 5) is 15.2. The summed E-state index contributed by atoms with van der Waals surface area (Å²) in [7, 11) is 1.13. The molecule has 0 aliphatic rings. The Bertz CT molecular complexity index is 656. The number of aromatic nitrogens is 3. The average Bonchev–Trinajstić information content (AvgIpc) is 2.88. The number of nitrogens with zero attached hydrogens (tertiary/aromatic N) is 3. The maximum Gasteiger partial charge on any atom is 0.435 e. The fourth-order valence-corrected chi connectivity index (χ4v) is 1.66. The van der Waals surface area contributed by atoms with E-state index in [1.165, 1.54) is 12.4 Å². The highest BCUT2D eigenvalue weighted by Crippen LogP contribution is 2.30. The van der Waals surface area contributed by atoms with Gasteiger partial charge in [0.05, 0.1) is 13.7 Å². The Morgan fingerprint density at radius 3 is 2.86 bits per heavy atom. The van der Waals surface area contributed by atoms with Gasteiger partial charge in [-0.25, -0.2) is 14.3 Å². The number of anilines is 1. The Morgan fingerprint density at radius 1 is 1.57 bits per heavy atom. The lowest BCUT2D eigenvalue weighted by Gasteiger charge is -2.14. The smallest absolute Gasteiger partial charge is 0.435 e. The number of aliphatic hydroxyl groups excluding tert-OH is 1. The molecule has 0 fully saturated rings. The Kier molecular flexibility index (Phi) is 3.98. The van der Waals surface area contributed by atoms with Crippen LogP contribution in [0.1, 0.15) is 5.69 Å². The summed E-state index contributed by atoms with van der Waals surface area (Å²) in [5.41, 5.74) is -1.07.